The fourth-order valence-electron chi connectivity index (χ4n) is 12.1. The minimum absolute atomic E-state index is 0.0867. The summed E-state index contributed by atoms with van der Waals surface area (Å²) in [5.74, 6) is -16.3. The molecule has 42 heteroatoms. The van der Waals surface area contributed by atoms with E-state index in [9.17, 15) is 67.7 Å². The third-order valence-corrected chi connectivity index (χ3v) is 20.3. The Morgan fingerprint density at radius 1 is 0.611 bits per heavy atom. The van der Waals surface area contributed by atoms with Crippen LogP contribution in [0.2, 0.25) is 0 Å². The number of nitrogens with one attached hydrogen (secondary N) is 11. The van der Waals surface area contributed by atoms with Crippen LogP contribution in [-0.4, -0.2) is 246 Å². The first-order chi connectivity index (χ1) is 53.5. The van der Waals surface area contributed by atoms with E-state index in [0.29, 0.717) is 57.8 Å². The number of aliphatic imine (C=N–C) groups is 1. The van der Waals surface area contributed by atoms with Crippen molar-refractivity contribution in [2.24, 2.45) is 51.2 Å². The molecule has 27 N–H and O–H groups in total. The van der Waals surface area contributed by atoms with E-state index in [4.69, 9.17) is 40.1 Å². The van der Waals surface area contributed by atoms with Gasteiger partial charge >= 0.3 is 5.97 Å². The van der Waals surface area contributed by atoms with Gasteiger partial charge in [0.25, 0.3) is 0 Å². The number of H-pyrrole nitrogens is 1. The number of carbonyl (C=O) groups is 15. The monoisotopic (exact) mass is 1620 g/mol. The van der Waals surface area contributed by atoms with Crippen LogP contribution < -0.4 is 93.3 Å². The number of hydrogen-bond donors (Lipinski definition) is 20. The second-order valence-electron chi connectivity index (χ2n) is 27.5. The van der Waals surface area contributed by atoms with Crippen LogP contribution in [0.25, 0.3) is 22.2 Å². The number of nitrogens with zero attached hydrogens (tertiary/aromatic N) is 5. The maximum Gasteiger partial charge on any atom is 0.303 e. The molecule has 0 saturated carbocycles. The number of amides is 14. The molecule has 2 aromatic heterocycles. The maximum atomic E-state index is 15.7. The van der Waals surface area contributed by atoms with Gasteiger partial charge in [0, 0.05) is 60.7 Å². The Morgan fingerprint density at radius 2 is 1.13 bits per heavy atom. The Morgan fingerprint density at radius 3 is 1.73 bits per heavy atom. The number of anilines is 1. The van der Waals surface area contributed by atoms with E-state index in [1.807, 2.05) is 0 Å². The molecule has 15 atom stereocenters. The summed E-state index contributed by atoms with van der Waals surface area (Å²) in [4.78, 5) is 216. The molecule has 1 aliphatic heterocycles. The highest BCUT2D eigenvalue weighted by molar-refractivity contribution is 7.98. The largest absolute Gasteiger partial charge is 0.481 e. The standard InChI is InChI=1S/C71H107N23O17S2/c1-8-35(3)57(89-61(102)43(73)14-12-24-79-71(77)78)69(110)87-49(29-54(74)96)65(106)85-50(30-55(75)97)66(107)90-58(36(4)9-2)70(111)93-32-41(94-33-51(91-92-94)38-16-18-40(72)19-17-38)28-53(93)68(109)86-48(27-39-31-80-44-15-11-10-13-42(39)44)64(105)88-52(34-95)67(108)84-46(20-21-56(98)99)62(103)81-37(5)60(101)83-47(23-26-113-7)63(104)82-45(59(76)100)22-25-112-6/h10-11,13,15-19,31,33,35-37,41,43,45-50,52-53,57-58,80,95H,8-9,12,14,20-30,32,34,72-73H2,1-7H3,(H2,74,96)(H2,75,97)(H2,76,100)(H,81,103)(H,82,104)(H,83,101)(H,84,108)(H,85,106)(H,86,109)(H,87,110)(H,88,105)(H,89,102)(H,90,107)(H,98,99)(H4,77,78,79)/t35-,36-,37-,41-,43-,45-,46-,47-,48-,49-,50-,52-,53-,57-,58-/m0/s1. The van der Waals surface area contributed by atoms with Gasteiger partial charge in [-0.15, -0.1) is 5.10 Å². The highest BCUT2D eigenvalue weighted by atomic mass is 32.2. The first-order valence-corrected chi connectivity index (χ1v) is 39.5. The summed E-state index contributed by atoms with van der Waals surface area (Å²) in [5, 5.41) is 54.8. The van der Waals surface area contributed by atoms with E-state index in [0.717, 1.165) is 4.90 Å². The molecule has 620 valence electrons. The number of nitrogen functional groups attached to an aromatic ring is 1. The molecule has 0 bridgehead atoms. The van der Waals surface area contributed by atoms with Gasteiger partial charge in [0.2, 0.25) is 82.7 Å². The van der Waals surface area contributed by atoms with Gasteiger partial charge in [0.15, 0.2) is 5.96 Å². The number of likely N-dealkylation sites (tertiary alicyclic amines) is 1. The highest BCUT2D eigenvalue weighted by Gasteiger charge is 2.46. The topological polar surface area (TPSA) is 661 Å². The van der Waals surface area contributed by atoms with Crippen molar-refractivity contribution in [1.29, 1.82) is 0 Å². The number of carbonyl (C=O) groups excluding carboxylic acids is 14. The second kappa shape index (κ2) is 45.4. The van der Waals surface area contributed by atoms with Crippen molar-refractivity contribution < 1.29 is 82.1 Å². The van der Waals surface area contributed by atoms with Crippen molar-refractivity contribution in [1.82, 2.24) is 78.0 Å². The number of thioether (sulfide) groups is 2. The molecule has 5 rings (SSSR count). The van der Waals surface area contributed by atoms with E-state index < -0.39 is 211 Å². The van der Waals surface area contributed by atoms with Crippen LogP contribution in [-0.2, 0) is 78.3 Å². The van der Waals surface area contributed by atoms with Gasteiger partial charge in [-0.1, -0.05) is 76.1 Å². The number of guanidine groups is 1. The minimum atomic E-state index is -1.94. The number of carboxylic acid groups (broad SMARTS) is 1. The van der Waals surface area contributed by atoms with Crippen LogP contribution in [0.3, 0.4) is 0 Å². The number of aliphatic hydroxyl groups excluding tert-OH is 1. The van der Waals surface area contributed by atoms with Gasteiger partial charge in [-0.05, 0) is 98.6 Å². The number of para-hydroxylation sites is 1. The summed E-state index contributed by atoms with van der Waals surface area (Å²) in [5.41, 5.74) is 42.1. The van der Waals surface area contributed by atoms with Crippen LogP contribution in [0.15, 0.2) is 65.9 Å². The molecule has 1 fully saturated rings. The van der Waals surface area contributed by atoms with Crippen molar-refractivity contribution in [2.45, 2.75) is 190 Å². The zero-order chi connectivity index (χ0) is 83.9. The number of aromatic nitrogens is 4. The number of benzene rings is 2. The lowest BCUT2D eigenvalue weighted by molar-refractivity contribution is -0.144. The normalized spacial score (nSPS) is 16.7. The molecule has 1 aliphatic rings. The van der Waals surface area contributed by atoms with Gasteiger partial charge < -0.3 is 113 Å². The molecule has 2 aromatic carbocycles. The lowest BCUT2D eigenvalue weighted by Gasteiger charge is -2.33. The Labute approximate surface area is 660 Å². The van der Waals surface area contributed by atoms with Crippen LogP contribution >= 0.6 is 23.5 Å². The smallest absolute Gasteiger partial charge is 0.303 e. The predicted octanol–water partition coefficient (Wildman–Crippen LogP) is -4.67. The first-order valence-electron chi connectivity index (χ1n) is 36.7. The molecule has 0 radical (unpaired) electrons. The zero-order valence-electron chi connectivity index (χ0n) is 64.1. The lowest BCUT2D eigenvalue weighted by atomic mass is 9.96. The van der Waals surface area contributed by atoms with E-state index in [1.165, 1.54) is 35.1 Å². The lowest BCUT2D eigenvalue weighted by Crippen LogP contribution is -2.62. The fraction of sp³-hybridized carbons (Fsp3) is 0.549. The second-order valence-corrected chi connectivity index (χ2v) is 29.5. The molecule has 113 heavy (non-hydrogen) atoms. The van der Waals surface area contributed by atoms with Crippen molar-refractivity contribution in [3.8, 4) is 11.3 Å². The number of aliphatic hydroxyl groups is 1. The summed E-state index contributed by atoms with van der Waals surface area (Å²) in [6, 6.07) is -5.88. The van der Waals surface area contributed by atoms with Gasteiger partial charge in [-0.3, -0.25) is 76.9 Å². The molecular formula is C71H107N23O17S2. The van der Waals surface area contributed by atoms with Crippen molar-refractivity contribution >= 4 is 135 Å². The van der Waals surface area contributed by atoms with E-state index in [2.05, 4.69) is 73.5 Å². The Kier molecular flexibility index (Phi) is 37.1. The van der Waals surface area contributed by atoms with Gasteiger partial charge in [-0.25, -0.2) is 4.68 Å². The van der Waals surface area contributed by atoms with Crippen molar-refractivity contribution in [2.75, 3.05) is 49.4 Å². The molecule has 0 spiro atoms. The Hall–Kier alpha value is -11.1. The molecule has 4 aromatic rings. The molecule has 1 saturated heterocycles. The van der Waals surface area contributed by atoms with E-state index >= 15 is 14.4 Å². The molecule has 0 aliphatic carbocycles. The SMILES string of the molecule is CC[C@H](C)[C@H](NC(=O)[C@@H](N)CCCN=C(N)N)C(=O)N[C@@H](CC(N)=O)C(=O)N[C@@H](CC(N)=O)C(=O)N[C@H](C(=O)N1C[C@@H](n2cc(-c3ccc(N)cc3)nn2)C[C@H]1C(=O)N[C@@H](Cc1c[nH]c2ccccc12)C(=O)N[C@@H](CO)C(=O)N[C@@H](CCC(=O)O)C(=O)N[C@@H](C)C(=O)N[C@@H](CCSC)C(=O)N[C@@H](CCSC)C(N)=O)[C@@H](C)CC. The van der Waals surface area contributed by atoms with Crippen LogP contribution in [0, 0.1) is 11.8 Å². The number of aliphatic carboxylic acids is 1. The number of aromatic amines is 1. The van der Waals surface area contributed by atoms with Crippen LogP contribution in [0.5, 0.6) is 0 Å². The molecular weight excluding hydrogens is 1510 g/mol. The van der Waals surface area contributed by atoms with Crippen molar-refractivity contribution in [3.63, 3.8) is 0 Å². The van der Waals surface area contributed by atoms with Gasteiger partial charge in [-0.2, -0.15) is 23.5 Å². The van der Waals surface area contributed by atoms with Gasteiger partial charge in [0.05, 0.1) is 37.7 Å². The molecule has 0 unspecified atom stereocenters. The number of hydrogen-bond acceptors (Lipinski definition) is 23. The summed E-state index contributed by atoms with van der Waals surface area (Å²) in [6.45, 7) is 6.51. The summed E-state index contributed by atoms with van der Waals surface area (Å²) >= 11 is 2.77. The zero-order valence-corrected chi connectivity index (χ0v) is 65.7. The number of primary amides is 3. The average Bonchev–Trinajstić information content (AvgIpc) is 1.65. The van der Waals surface area contributed by atoms with E-state index in [-0.39, 0.29) is 57.6 Å². The number of fused-ring (bicyclic) bond motifs is 1. The first kappa shape index (κ1) is 92.5. The van der Waals surface area contributed by atoms with Crippen LogP contribution in [0.4, 0.5) is 5.69 Å². The molecule has 40 nitrogen and oxygen atoms in total. The summed E-state index contributed by atoms with van der Waals surface area (Å²) in [7, 11) is 0. The number of carboxylic acids is 1. The third-order valence-electron chi connectivity index (χ3n) is 19.0. The Balaban J connectivity index is 1.48. The molecule has 3 heterocycles. The summed E-state index contributed by atoms with van der Waals surface area (Å²) in [6.07, 6.45) is 4.12. The number of rotatable bonds is 48. The molecule has 14 amide bonds. The highest BCUT2D eigenvalue weighted by Crippen LogP contribution is 2.31. The number of nitrogens with two attached hydrogens (primary N) is 7. The Bertz CT molecular complexity index is 4030. The predicted molar refractivity (Wildman–Crippen MR) is 420 cm³/mol. The fourth-order valence-corrected chi connectivity index (χ4v) is 13.0. The third kappa shape index (κ3) is 28.5. The van der Waals surface area contributed by atoms with Crippen molar-refractivity contribution in [3.05, 3.63) is 66.5 Å². The van der Waals surface area contributed by atoms with E-state index in [1.54, 1.807) is 101 Å². The quantitative estimate of drug-likeness (QED) is 0.00855. The summed E-state index contributed by atoms with van der Waals surface area (Å²) < 4.78 is 1.41. The van der Waals surface area contributed by atoms with Gasteiger partial charge in [0.1, 0.15) is 72.2 Å². The maximum absolute atomic E-state index is 15.7. The van der Waals surface area contributed by atoms with Crippen LogP contribution in [0.1, 0.15) is 117 Å². The minimum Gasteiger partial charge on any atom is -0.481 e. The average molecular weight is 1620 g/mol.